The fourth-order valence-electron chi connectivity index (χ4n) is 3.21. The van der Waals surface area contributed by atoms with E-state index in [0.29, 0.717) is 22.9 Å². The minimum Gasteiger partial charge on any atom is -0.356 e. The standard InChI is InChI=1S/C19H22F4N6OS/c1-31-29(30)11-13-10-28(7-5-19(13,22)23)17-8-12(4-6-25-17)15-9-26-16(27-15)3-2-14(24)18(20)21/h2-4,6,8-9,13,18,24,30H,5,7,10-11H2,1H3,(H,26,27)/b3-2-,24-14?. The zero-order valence-corrected chi connectivity index (χ0v) is 17.4. The van der Waals surface area contributed by atoms with Crippen LogP contribution < -0.4 is 4.90 Å². The number of nitrogens with zero attached hydrogens (tertiary/aromatic N) is 4. The third kappa shape index (κ3) is 5.83. The Morgan fingerprint density at radius 2 is 2.26 bits per heavy atom. The van der Waals surface area contributed by atoms with E-state index in [4.69, 9.17) is 5.41 Å². The van der Waals surface area contributed by atoms with E-state index in [0.717, 1.165) is 22.5 Å². The second-order valence-corrected chi connectivity index (χ2v) is 7.83. The minimum absolute atomic E-state index is 0.0355. The Kier molecular flexibility index (Phi) is 7.34. The van der Waals surface area contributed by atoms with Crippen molar-refractivity contribution in [3.63, 3.8) is 0 Å². The Hall–Kier alpha value is -2.44. The van der Waals surface area contributed by atoms with E-state index in [-0.39, 0.29) is 26.1 Å². The van der Waals surface area contributed by atoms with E-state index in [2.05, 4.69) is 15.0 Å². The largest absolute Gasteiger partial charge is 0.356 e. The molecule has 1 aliphatic heterocycles. The van der Waals surface area contributed by atoms with Gasteiger partial charge in [0.2, 0.25) is 0 Å². The van der Waals surface area contributed by atoms with Crippen LogP contribution in [0.25, 0.3) is 17.3 Å². The Labute approximate surface area is 180 Å². The highest BCUT2D eigenvalue weighted by Crippen LogP contribution is 2.36. The zero-order chi connectivity index (χ0) is 22.6. The first kappa shape index (κ1) is 23.2. The summed E-state index contributed by atoms with van der Waals surface area (Å²) in [6, 6.07) is 3.44. The van der Waals surface area contributed by atoms with Crippen LogP contribution in [0.1, 0.15) is 12.2 Å². The predicted octanol–water partition coefficient (Wildman–Crippen LogP) is 4.20. The number of aromatic amines is 1. The number of imidazole rings is 1. The molecule has 2 aromatic heterocycles. The van der Waals surface area contributed by atoms with Crippen LogP contribution in [-0.2, 0) is 0 Å². The van der Waals surface area contributed by atoms with Crippen LogP contribution in [0.3, 0.4) is 0 Å². The average Bonchev–Trinajstić information content (AvgIpc) is 3.22. The minimum atomic E-state index is -2.89. The van der Waals surface area contributed by atoms with Crippen LogP contribution in [0.15, 0.2) is 30.6 Å². The lowest BCUT2D eigenvalue weighted by Crippen LogP contribution is -2.50. The third-order valence-electron chi connectivity index (χ3n) is 4.97. The molecule has 31 heavy (non-hydrogen) atoms. The van der Waals surface area contributed by atoms with Gasteiger partial charge in [-0.05, 0) is 30.5 Å². The van der Waals surface area contributed by atoms with Gasteiger partial charge in [0, 0.05) is 37.8 Å². The van der Waals surface area contributed by atoms with Crippen molar-refractivity contribution in [2.45, 2.75) is 18.8 Å². The summed E-state index contributed by atoms with van der Waals surface area (Å²) in [6.07, 6.45) is 3.72. The molecule has 3 rings (SSSR count). The molecule has 12 heteroatoms. The number of pyridine rings is 1. The lowest BCUT2D eigenvalue weighted by molar-refractivity contribution is -0.103. The summed E-state index contributed by atoms with van der Waals surface area (Å²) in [7, 11) is 0. The number of rotatable bonds is 8. The Morgan fingerprint density at radius 3 is 2.97 bits per heavy atom. The molecule has 2 aromatic rings. The quantitative estimate of drug-likeness (QED) is 0.238. The summed E-state index contributed by atoms with van der Waals surface area (Å²) in [5, 5.41) is 16.8. The van der Waals surface area contributed by atoms with Crippen LogP contribution in [0.5, 0.6) is 0 Å². The average molecular weight is 458 g/mol. The molecule has 1 aliphatic rings. The number of hydroxylamine groups is 1. The van der Waals surface area contributed by atoms with Crippen molar-refractivity contribution in [2.24, 2.45) is 5.92 Å². The van der Waals surface area contributed by atoms with Crippen LogP contribution in [0.4, 0.5) is 23.4 Å². The molecular weight excluding hydrogens is 436 g/mol. The summed E-state index contributed by atoms with van der Waals surface area (Å²) in [5.74, 6) is -3.13. The summed E-state index contributed by atoms with van der Waals surface area (Å²) >= 11 is 0.975. The number of halogens is 4. The first-order valence-electron chi connectivity index (χ1n) is 9.39. The van der Waals surface area contributed by atoms with Gasteiger partial charge < -0.3 is 15.1 Å². The number of aromatic nitrogens is 3. The van der Waals surface area contributed by atoms with Gasteiger partial charge in [0.1, 0.15) is 11.6 Å². The number of allylic oxidation sites excluding steroid dienone is 1. The molecule has 0 spiro atoms. The normalized spacial score (nSPS) is 19.0. The van der Waals surface area contributed by atoms with E-state index in [1.807, 2.05) is 0 Å². The van der Waals surface area contributed by atoms with E-state index < -0.39 is 24.0 Å². The van der Waals surface area contributed by atoms with Gasteiger partial charge in [-0.2, -0.15) is 0 Å². The maximum absolute atomic E-state index is 14.3. The van der Waals surface area contributed by atoms with Crippen LogP contribution in [0.2, 0.25) is 0 Å². The highest BCUT2D eigenvalue weighted by molar-refractivity contribution is 7.96. The molecule has 7 nitrogen and oxygen atoms in total. The number of alkyl halides is 4. The molecule has 0 amide bonds. The number of hydrogen-bond acceptors (Lipinski definition) is 7. The second kappa shape index (κ2) is 9.79. The molecule has 0 aliphatic carbocycles. The van der Waals surface area contributed by atoms with Gasteiger partial charge in [0.05, 0.1) is 23.5 Å². The second-order valence-electron chi connectivity index (χ2n) is 7.05. The zero-order valence-electron chi connectivity index (χ0n) is 16.6. The highest BCUT2D eigenvalue weighted by Gasteiger charge is 2.45. The van der Waals surface area contributed by atoms with Crippen LogP contribution in [-0.4, -0.2) is 68.6 Å². The lowest BCUT2D eigenvalue weighted by atomic mass is 9.93. The number of anilines is 1. The first-order valence-corrected chi connectivity index (χ1v) is 10.6. The van der Waals surface area contributed by atoms with Crippen molar-refractivity contribution >= 4 is 29.6 Å². The summed E-state index contributed by atoms with van der Waals surface area (Å²) in [4.78, 5) is 13.1. The van der Waals surface area contributed by atoms with E-state index in [1.165, 1.54) is 12.3 Å². The predicted molar refractivity (Wildman–Crippen MR) is 112 cm³/mol. The fraction of sp³-hybridized carbons (Fsp3) is 0.421. The first-order chi connectivity index (χ1) is 14.7. The van der Waals surface area contributed by atoms with Gasteiger partial charge >= 0.3 is 0 Å². The molecule has 3 N–H and O–H groups in total. The molecule has 1 fully saturated rings. The summed E-state index contributed by atoms with van der Waals surface area (Å²) < 4.78 is 54.2. The maximum atomic E-state index is 14.3. The molecule has 0 saturated carbocycles. The van der Waals surface area contributed by atoms with Gasteiger partial charge in [-0.25, -0.2) is 27.5 Å². The van der Waals surface area contributed by atoms with Gasteiger partial charge in [0.15, 0.2) is 0 Å². The molecule has 1 saturated heterocycles. The summed E-state index contributed by atoms with van der Waals surface area (Å²) in [5.41, 5.74) is 0.473. The molecular formula is C19H22F4N6OS. The Balaban J connectivity index is 1.75. The maximum Gasteiger partial charge on any atom is 0.279 e. The smallest absolute Gasteiger partial charge is 0.279 e. The van der Waals surface area contributed by atoms with E-state index in [1.54, 1.807) is 29.5 Å². The monoisotopic (exact) mass is 458 g/mol. The van der Waals surface area contributed by atoms with Crippen molar-refractivity contribution in [3.05, 3.63) is 36.4 Å². The van der Waals surface area contributed by atoms with E-state index >= 15 is 0 Å². The highest BCUT2D eigenvalue weighted by atomic mass is 32.2. The molecule has 1 atom stereocenters. The fourth-order valence-corrected chi connectivity index (χ4v) is 3.54. The van der Waals surface area contributed by atoms with Gasteiger partial charge in [-0.3, -0.25) is 5.41 Å². The van der Waals surface area contributed by atoms with Gasteiger partial charge in [-0.1, -0.05) is 11.9 Å². The SMILES string of the molecule is CSN(O)CC1CN(c2cc(-c3cnc(/C=C\C(=N)C(F)F)[nH]3)ccn2)CCC1(F)F. The molecule has 0 bridgehead atoms. The Bertz CT molecular complexity index is 938. The number of H-pyrrole nitrogens is 1. The molecule has 3 heterocycles. The Morgan fingerprint density at radius 1 is 1.48 bits per heavy atom. The van der Waals surface area contributed by atoms with Crippen molar-refractivity contribution in [2.75, 3.05) is 30.8 Å². The van der Waals surface area contributed by atoms with Crippen molar-refractivity contribution in [3.8, 4) is 11.3 Å². The number of nitrogens with one attached hydrogen (secondary N) is 2. The van der Waals surface area contributed by atoms with Crippen molar-refractivity contribution in [1.82, 2.24) is 19.4 Å². The molecule has 1 unspecified atom stereocenters. The summed E-state index contributed by atoms with van der Waals surface area (Å²) in [6.45, 7) is -0.0145. The van der Waals surface area contributed by atoms with Gasteiger partial charge in [0.25, 0.3) is 12.3 Å². The van der Waals surface area contributed by atoms with Crippen molar-refractivity contribution < 1.29 is 22.8 Å². The number of hydrogen-bond donors (Lipinski definition) is 3. The third-order valence-corrected chi connectivity index (χ3v) is 5.54. The topological polar surface area (TPSA) is 92.1 Å². The molecule has 168 valence electrons. The van der Waals surface area contributed by atoms with Crippen molar-refractivity contribution in [1.29, 1.82) is 5.41 Å². The van der Waals surface area contributed by atoms with Crippen LogP contribution >= 0.6 is 11.9 Å². The van der Waals surface area contributed by atoms with E-state index in [9.17, 15) is 22.8 Å². The van der Waals surface area contributed by atoms with Gasteiger partial charge in [-0.15, -0.1) is 4.47 Å². The number of piperidine rings is 1. The lowest BCUT2D eigenvalue weighted by Gasteiger charge is -2.39. The molecule has 0 radical (unpaired) electrons. The molecule has 0 aromatic carbocycles. The van der Waals surface area contributed by atoms with Crippen LogP contribution in [0, 0.1) is 11.3 Å².